The molecule has 0 bridgehead atoms. The lowest BCUT2D eigenvalue weighted by Crippen LogP contribution is -2.31. The highest BCUT2D eigenvalue weighted by Gasteiger charge is 2.23. The lowest BCUT2D eigenvalue weighted by molar-refractivity contribution is -0.0589. The lowest BCUT2D eigenvalue weighted by atomic mass is 10.0. The van der Waals surface area contributed by atoms with Crippen LogP contribution in [-0.4, -0.2) is 44.9 Å². The number of aryl methyl sites for hydroxylation is 1. The molecule has 7 rings (SSSR count). The predicted molar refractivity (Wildman–Crippen MR) is 170 cm³/mol. The minimum atomic E-state index is -0.419. The van der Waals surface area contributed by atoms with Gasteiger partial charge in [-0.05, 0) is 54.4 Å². The van der Waals surface area contributed by atoms with Gasteiger partial charge in [0, 0.05) is 53.9 Å². The monoisotopic (exact) mass is 624 g/mol. The average Bonchev–Trinajstić information content (AvgIpc) is 3.58. The SMILES string of the molecule is COC(=O)c1ccc2nc(Cc3ccc(-c4cccc(OCc5ccc(Cl)cc5F)n4)c4c3ccn4C)n(C[C@@H]3CCO3)c2c1. The number of ether oxygens (including phenoxy) is 3. The van der Waals surface area contributed by atoms with E-state index in [1.165, 1.54) is 13.2 Å². The van der Waals surface area contributed by atoms with Gasteiger partial charge in [-0.3, -0.25) is 0 Å². The highest BCUT2D eigenvalue weighted by Crippen LogP contribution is 2.33. The highest BCUT2D eigenvalue weighted by atomic mass is 35.5. The van der Waals surface area contributed by atoms with Gasteiger partial charge in [0.15, 0.2) is 0 Å². The fourth-order valence-corrected chi connectivity index (χ4v) is 5.99. The number of benzene rings is 3. The van der Waals surface area contributed by atoms with E-state index in [1.807, 2.05) is 37.5 Å². The number of nitrogens with zero attached hydrogens (tertiary/aromatic N) is 4. The molecule has 4 heterocycles. The third-order valence-corrected chi connectivity index (χ3v) is 8.53. The van der Waals surface area contributed by atoms with Gasteiger partial charge in [0.25, 0.3) is 0 Å². The summed E-state index contributed by atoms with van der Waals surface area (Å²) in [6, 6.07) is 21.8. The summed E-state index contributed by atoms with van der Waals surface area (Å²) >= 11 is 5.89. The largest absolute Gasteiger partial charge is 0.473 e. The van der Waals surface area contributed by atoms with Crippen LogP contribution in [0, 0.1) is 5.82 Å². The zero-order valence-electron chi connectivity index (χ0n) is 24.8. The van der Waals surface area contributed by atoms with Gasteiger partial charge in [-0.2, -0.15) is 0 Å². The molecule has 0 amide bonds. The van der Waals surface area contributed by atoms with Crippen LogP contribution in [-0.2, 0) is 36.1 Å². The molecule has 228 valence electrons. The van der Waals surface area contributed by atoms with Crippen molar-refractivity contribution in [2.24, 2.45) is 7.05 Å². The summed E-state index contributed by atoms with van der Waals surface area (Å²) < 4.78 is 35.1. The number of esters is 1. The Bertz CT molecular complexity index is 2070. The Kier molecular flexibility index (Phi) is 7.73. The number of pyridine rings is 1. The quantitative estimate of drug-likeness (QED) is 0.159. The second kappa shape index (κ2) is 12.0. The fraction of sp³-hybridized carbons (Fsp3) is 0.229. The molecular formula is C35H30ClFN4O4. The molecule has 0 N–H and O–H groups in total. The molecule has 1 aliphatic heterocycles. The highest BCUT2D eigenvalue weighted by molar-refractivity contribution is 6.30. The Hall–Kier alpha value is -4.73. The van der Waals surface area contributed by atoms with Crippen molar-refractivity contribution in [1.29, 1.82) is 0 Å². The molecule has 0 radical (unpaired) electrons. The fourth-order valence-electron chi connectivity index (χ4n) is 5.83. The first-order valence-electron chi connectivity index (χ1n) is 14.7. The molecule has 3 aromatic heterocycles. The van der Waals surface area contributed by atoms with Crippen molar-refractivity contribution in [3.05, 3.63) is 112 Å². The molecule has 1 saturated heterocycles. The van der Waals surface area contributed by atoms with Gasteiger partial charge in [-0.1, -0.05) is 35.9 Å². The van der Waals surface area contributed by atoms with E-state index in [-0.39, 0.29) is 18.7 Å². The zero-order chi connectivity index (χ0) is 31.1. The van der Waals surface area contributed by atoms with E-state index in [9.17, 15) is 9.18 Å². The smallest absolute Gasteiger partial charge is 0.337 e. The van der Waals surface area contributed by atoms with Crippen LogP contribution < -0.4 is 4.74 Å². The van der Waals surface area contributed by atoms with E-state index in [2.05, 4.69) is 27.3 Å². The molecule has 1 aliphatic rings. The zero-order valence-corrected chi connectivity index (χ0v) is 25.6. The van der Waals surface area contributed by atoms with E-state index >= 15 is 0 Å². The molecule has 1 fully saturated rings. The molecule has 45 heavy (non-hydrogen) atoms. The molecule has 0 unspecified atom stereocenters. The van der Waals surface area contributed by atoms with Gasteiger partial charge in [-0.25, -0.2) is 19.2 Å². The van der Waals surface area contributed by atoms with Gasteiger partial charge in [-0.15, -0.1) is 0 Å². The normalized spacial score (nSPS) is 14.5. The molecule has 8 nitrogen and oxygen atoms in total. The van der Waals surface area contributed by atoms with Crippen molar-refractivity contribution in [3.8, 4) is 17.1 Å². The maximum absolute atomic E-state index is 14.3. The number of rotatable bonds is 9. The second-order valence-corrected chi connectivity index (χ2v) is 11.6. The van der Waals surface area contributed by atoms with Gasteiger partial charge in [0.2, 0.25) is 5.88 Å². The average molecular weight is 625 g/mol. The molecule has 3 aromatic carbocycles. The summed E-state index contributed by atoms with van der Waals surface area (Å²) in [5.41, 5.74) is 6.41. The standard InChI is InChI=1S/C35H30ClFN4O4/c1-40-14-12-26-21(17-32-38-30-11-8-22(35(42)43-2)16-31(30)41(32)19-25-13-15-44-25)7-10-27(34(26)40)29-4-3-5-33(39-29)45-20-23-6-9-24(36)18-28(23)37/h3-12,14,16,18,25H,13,15,17,19-20H2,1-2H3/t25-/m0/s1. The van der Waals surface area contributed by atoms with E-state index < -0.39 is 5.82 Å². The van der Waals surface area contributed by atoms with E-state index in [0.717, 1.165) is 57.6 Å². The van der Waals surface area contributed by atoms with E-state index in [1.54, 1.807) is 24.3 Å². The first kappa shape index (κ1) is 29.0. The van der Waals surface area contributed by atoms with Gasteiger partial charge in [0.1, 0.15) is 18.2 Å². The Labute approximate surface area is 263 Å². The topological polar surface area (TPSA) is 80.4 Å². The second-order valence-electron chi connectivity index (χ2n) is 11.1. The van der Waals surface area contributed by atoms with Gasteiger partial charge >= 0.3 is 5.97 Å². The summed E-state index contributed by atoms with van der Waals surface area (Å²) in [6.45, 7) is 1.44. The summed E-state index contributed by atoms with van der Waals surface area (Å²) in [5.74, 6) is 0.486. The number of methoxy groups -OCH3 is 1. The molecule has 6 aromatic rings. The Morgan fingerprint density at radius 2 is 1.91 bits per heavy atom. The third kappa shape index (κ3) is 5.65. The third-order valence-electron chi connectivity index (χ3n) is 8.29. The molecule has 0 saturated carbocycles. The number of halogens is 2. The van der Waals surface area contributed by atoms with Crippen LogP contribution in [0.5, 0.6) is 5.88 Å². The van der Waals surface area contributed by atoms with E-state index in [0.29, 0.717) is 35.0 Å². The Morgan fingerprint density at radius 1 is 1.07 bits per heavy atom. The van der Waals surface area contributed by atoms with Gasteiger partial charge < -0.3 is 23.3 Å². The Morgan fingerprint density at radius 3 is 2.69 bits per heavy atom. The minimum Gasteiger partial charge on any atom is -0.473 e. The Balaban J connectivity index is 1.22. The summed E-state index contributed by atoms with van der Waals surface area (Å²) in [7, 11) is 3.39. The molecule has 1 atom stereocenters. The maximum atomic E-state index is 14.3. The van der Waals surface area contributed by atoms with Crippen molar-refractivity contribution in [1.82, 2.24) is 19.1 Å². The number of carbonyl (C=O) groups is 1. The van der Waals surface area contributed by atoms with Crippen LogP contribution in [0.1, 0.15) is 33.7 Å². The number of carbonyl (C=O) groups excluding carboxylic acids is 1. The van der Waals surface area contributed by atoms with Crippen LogP contribution in [0.25, 0.3) is 33.2 Å². The number of aromatic nitrogens is 4. The first-order chi connectivity index (χ1) is 21.9. The van der Waals surface area contributed by atoms with Crippen molar-refractivity contribution in [3.63, 3.8) is 0 Å². The molecular weight excluding hydrogens is 595 g/mol. The van der Waals surface area contributed by atoms with Crippen molar-refractivity contribution in [2.45, 2.75) is 32.1 Å². The van der Waals surface area contributed by atoms with Crippen molar-refractivity contribution in [2.75, 3.05) is 13.7 Å². The lowest BCUT2D eigenvalue weighted by Gasteiger charge is -2.27. The van der Waals surface area contributed by atoms with Crippen LogP contribution >= 0.6 is 11.6 Å². The van der Waals surface area contributed by atoms with Gasteiger partial charge in [0.05, 0.1) is 47.6 Å². The maximum Gasteiger partial charge on any atom is 0.337 e. The van der Waals surface area contributed by atoms with Crippen LogP contribution in [0.2, 0.25) is 5.02 Å². The minimum absolute atomic E-state index is 0.0337. The van der Waals surface area contributed by atoms with E-state index in [4.69, 9.17) is 35.8 Å². The molecule has 0 spiro atoms. The predicted octanol–water partition coefficient (Wildman–Crippen LogP) is 7.13. The summed E-state index contributed by atoms with van der Waals surface area (Å²) in [4.78, 5) is 22.0. The van der Waals surface area contributed by atoms with Crippen LogP contribution in [0.4, 0.5) is 4.39 Å². The van der Waals surface area contributed by atoms with Crippen molar-refractivity contribution < 1.29 is 23.4 Å². The van der Waals surface area contributed by atoms with Crippen molar-refractivity contribution >= 4 is 39.5 Å². The summed E-state index contributed by atoms with van der Waals surface area (Å²) in [5, 5.41) is 1.42. The number of hydrogen-bond acceptors (Lipinski definition) is 6. The number of imidazole rings is 1. The molecule has 0 aliphatic carbocycles. The van der Waals surface area contributed by atoms with Crippen LogP contribution in [0.3, 0.4) is 0 Å². The number of fused-ring (bicyclic) bond motifs is 2. The first-order valence-corrected chi connectivity index (χ1v) is 15.1. The molecule has 10 heteroatoms. The van der Waals surface area contributed by atoms with Crippen LogP contribution in [0.15, 0.2) is 79.0 Å². The summed E-state index contributed by atoms with van der Waals surface area (Å²) in [6.07, 6.45) is 3.71. The number of hydrogen-bond donors (Lipinski definition) is 0.